The molecule has 0 spiro atoms. The van der Waals surface area contributed by atoms with Crippen molar-refractivity contribution >= 4 is 29.0 Å². The number of carbonyl (C=O) groups is 2. The molecule has 3 rings (SSSR count). The normalized spacial score (nSPS) is 13.3. The van der Waals surface area contributed by atoms with Crippen LogP contribution < -0.4 is 15.5 Å². The highest BCUT2D eigenvalue weighted by molar-refractivity contribution is 6.01. The molecule has 0 aromatic heterocycles. The summed E-state index contributed by atoms with van der Waals surface area (Å²) in [7, 11) is 0. The van der Waals surface area contributed by atoms with Crippen LogP contribution >= 0.6 is 0 Å². The Hall–Kier alpha value is -3.03. The molecule has 0 bridgehead atoms. The molecule has 1 heterocycles. The molecule has 0 radical (unpaired) electrons. The minimum Gasteiger partial charge on any atom is -0.312 e. The number of benzene rings is 2. The third-order valence-corrected chi connectivity index (χ3v) is 4.10. The number of hydrogen-bond donors (Lipinski definition) is 2. The van der Waals surface area contributed by atoms with Gasteiger partial charge in [0, 0.05) is 24.8 Å². The van der Waals surface area contributed by atoms with Gasteiger partial charge in [0.25, 0.3) is 0 Å². The van der Waals surface area contributed by atoms with E-state index in [1.54, 1.807) is 23.1 Å². The van der Waals surface area contributed by atoms with Gasteiger partial charge in [-0.3, -0.25) is 4.79 Å². The van der Waals surface area contributed by atoms with E-state index in [2.05, 4.69) is 10.6 Å². The predicted molar refractivity (Wildman–Crippen MR) is 92.3 cm³/mol. The Bertz CT molecular complexity index is 865. The van der Waals surface area contributed by atoms with Gasteiger partial charge in [-0.25, -0.2) is 4.79 Å². The average molecular weight is 363 g/mol. The molecule has 5 nitrogen and oxygen atoms in total. The van der Waals surface area contributed by atoms with Crippen LogP contribution in [0.15, 0.2) is 42.5 Å². The minimum atomic E-state index is -4.57. The lowest BCUT2D eigenvalue weighted by Gasteiger charge is -2.16. The molecule has 3 amide bonds. The molecule has 1 aliphatic rings. The van der Waals surface area contributed by atoms with Crippen molar-refractivity contribution in [1.29, 1.82) is 0 Å². The Morgan fingerprint density at radius 1 is 1.08 bits per heavy atom. The topological polar surface area (TPSA) is 61.4 Å². The first-order valence-corrected chi connectivity index (χ1v) is 7.91. The number of anilines is 3. The van der Waals surface area contributed by atoms with E-state index in [1.165, 1.54) is 25.1 Å². The summed E-state index contributed by atoms with van der Waals surface area (Å²) < 4.78 is 39.0. The van der Waals surface area contributed by atoms with Crippen molar-refractivity contribution in [3.63, 3.8) is 0 Å². The van der Waals surface area contributed by atoms with E-state index in [0.29, 0.717) is 17.9 Å². The van der Waals surface area contributed by atoms with Gasteiger partial charge in [0.15, 0.2) is 0 Å². The quantitative estimate of drug-likeness (QED) is 0.838. The van der Waals surface area contributed by atoms with Crippen molar-refractivity contribution < 1.29 is 22.8 Å². The molecule has 0 saturated carbocycles. The van der Waals surface area contributed by atoms with Crippen molar-refractivity contribution in [1.82, 2.24) is 0 Å². The summed E-state index contributed by atoms with van der Waals surface area (Å²) >= 11 is 0. The number of halogens is 3. The monoisotopic (exact) mass is 363 g/mol. The average Bonchev–Trinajstić information content (AvgIpc) is 2.97. The van der Waals surface area contributed by atoms with Crippen LogP contribution in [-0.2, 0) is 17.4 Å². The fourth-order valence-electron chi connectivity index (χ4n) is 2.91. The lowest BCUT2D eigenvalue weighted by atomic mass is 10.1. The molecule has 8 heteroatoms. The van der Waals surface area contributed by atoms with Gasteiger partial charge < -0.3 is 15.5 Å². The van der Waals surface area contributed by atoms with Crippen molar-refractivity contribution in [3.05, 3.63) is 53.6 Å². The van der Waals surface area contributed by atoms with E-state index >= 15 is 0 Å². The summed E-state index contributed by atoms with van der Waals surface area (Å²) in [5.41, 5.74) is 0.814. The fourth-order valence-corrected chi connectivity index (χ4v) is 2.91. The van der Waals surface area contributed by atoms with Gasteiger partial charge in [-0.1, -0.05) is 18.2 Å². The maximum absolute atomic E-state index is 13.0. The summed E-state index contributed by atoms with van der Waals surface area (Å²) in [4.78, 5) is 25.3. The smallest absolute Gasteiger partial charge is 0.312 e. The Labute approximate surface area is 147 Å². The van der Waals surface area contributed by atoms with E-state index in [-0.39, 0.29) is 11.6 Å². The number of para-hydroxylation sites is 1. The van der Waals surface area contributed by atoms with Crippen LogP contribution in [0.5, 0.6) is 0 Å². The number of carbonyl (C=O) groups excluding carboxylic acids is 2. The first-order chi connectivity index (χ1) is 12.3. The Morgan fingerprint density at radius 3 is 2.50 bits per heavy atom. The largest absolute Gasteiger partial charge is 0.418 e. The van der Waals surface area contributed by atoms with E-state index in [1.807, 2.05) is 0 Å². The standard InChI is InChI=1S/C18H16F3N3O2/c1-11(25)24-9-8-12-6-7-13(10-16(12)24)22-17(26)23-15-5-3-2-4-14(15)18(19,20)21/h2-7,10H,8-9H2,1H3,(H2,22,23,26). The van der Waals surface area contributed by atoms with Crippen molar-refractivity contribution in [2.75, 3.05) is 22.1 Å². The molecule has 1 aliphatic heterocycles. The zero-order valence-electron chi connectivity index (χ0n) is 13.9. The molecule has 0 aliphatic carbocycles. The summed E-state index contributed by atoms with van der Waals surface area (Å²) in [6, 6.07) is 9.02. The van der Waals surface area contributed by atoms with Gasteiger partial charge in [0.2, 0.25) is 5.91 Å². The van der Waals surface area contributed by atoms with Crippen molar-refractivity contribution in [3.8, 4) is 0 Å². The molecule has 2 N–H and O–H groups in total. The lowest BCUT2D eigenvalue weighted by Crippen LogP contribution is -2.26. The van der Waals surface area contributed by atoms with Crippen LogP contribution in [0.1, 0.15) is 18.1 Å². The first kappa shape index (κ1) is 17.8. The summed E-state index contributed by atoms with van der Waals surface area (Å²) in [5.74, 6) is -0.107. The highest BCUT2D eigenvalue weighted by atomic mass is 19.4. The summed E-state index contributed by atoms with van der Waals surface area (Å²) in [6.45, 7) is 2.02. The maximum Gasteiger partial charge on any atom is 0.418 e. The third-order valence-electron chi connectivity index (χ3n) is 4.10. The molecule has 0 fully saturated rings. The Morgan fingerprint density at radius 2 is 1.81 bits per heavy atom. The second-order valence-electron chi connectivity index (χ2n) is 5.89. The second kappa shape index (κ2) is 6.70. The van der Waals surface area contributed by atoms with Crippen molar-refractivity contribution in [2.24, 2.45) is 0 Å². The summed E-state index contributed by atoms with van der Waals surface area (Å²) in [5, 5.41) is 4.72. The molecule has 0 saturated heterocycles. The second-order valence-corrected chi connectivity index (χ2v) is 5.89. The number of nitrogens with one attached hydrogen (secondary N) is 2. The fraction of sp³-hybridized carbons (Fsp3) is 0.222. The zero-order chi connectivity index (χ0) is 18.9. The van der Waals surface area contributed by atoms with Crippen molar-refractivity contribution in [2.45, 2.75) is 19.5 Å². The molecular weight excluding hydrogens is 347 g/mol. The SMILES string of the molecule is CC(=O)N1CCc2ccc(NC(=O)Nc3ccccc3C(F)(F)F)cc21. The van der Waals surface area contributed by atoms with E-state index < -0.39 is 17.8 Å². The highest BCUT2D eigenvalue weighted by Crippen LogP contribution is 2.35. The molecule has 0 unspecified atom stereocenters. The molecule has 0 atom stereocenters. The number of fused-ring (bicyclic) bond motifs is 1. The van der Waals surface area contributed by atoms with Gasteiger partial charge in [-0.2, -0.15) is 13.2 Å². The van der Waals surface area contributed by atoms with Gasteiger partial charge in [0.1, 0.15) is 0 Å². The number of nitrogens with zero attached hydrogens (tertiary/aromatic N) is 1. The zero-order valence-corrected chi connectivity index (χ0v) is 13.9. The number of hydrogen-bond acceptors (Lipinski definition) is 2. The molecular formula is C18H16F3N3O2. The highest BCUT2D eigenvalue weighted by Gasteiger charge is 2.33. The van der Waals surface area contributed by atoms with Crippen LogP contribution in [0.2, 0.25) is 0 Å². The number of urea groups is 1. The Balaban J connectivity index is 1.76. The van der Waals surface area contributed by atoms with E-state index in [4.69, 9.17) is 0 Å². The van der Waals surface area contributed by atoms with Gasteiger partial charge in [-0.15, -0.1) is 0 Å². The van der Waals surface area contributed by atoms with Crippen LogP contribution in [0.4, 0.5) is 35.0 Å². The Kier molecular flexibility index (Phi) is 4.58. The lowest BCUT2D eigenvalue weighted by molar-refractivity contribution is -0.136. The van der Waals surface area contributed by atoms with E-state index in [9.17, 15) is 22.8 Å². The van der Waals surface area contributed by atoms with Gasteiger partial charge >= 0.3 is 12.2 Å². The van der Waals surface area contributed by atoms with Crippen LogP contribution in [0, 0.1) is 0 Å². The molecule has 2 aromatic rings. The summed E-state index contributed by atoms with van der Waals surface area (Å²) in [6.07, 6.45) is -3.85. The van der Waals surface area contributed by atoms with Gasteiger partial charge in [-0.05, 0) is 36.2 Å². The van der Waals surface area contributed by atoms with Gasteiger partial charge in [0.05, 0.1) is 11.3 Å². The third kappa shape index (κ3) is 3.63. The maximum atomic E-state index is 13.0. The number of amides is 3. The minimum absolute atomic E-state index is 0.107. The van der Waals surface area contributed by atoms with Crippen LogP contribution in [0.25, 0.3) is 0 Å². The molecule has 26 heavy (non-hydrogen) atoms. The first-order valence-electron chi connectivity index (χ1n) is 7.91. The predicted octanol–water partition coefficient (Wildman–Crippen LogP) is 4.26. The number of rotatable bonds is 2. The molecule has 136 valence electrons. The number of alkyl halides is 3. The van der Waals surface area contributed by atoms with Crippen LogP contribution in [-0.4, -0.2) is 18.5 Å². The van der Waals surface area contributed by atoms with Crippen LogP contribution in [0.3, 0.4) is 0 Å². The van der Waals surface area contributed by atoms with E-state index in [0.717, 1.165) is 18.1 Å². The molecule has 2 aromatic carbocycles.